The maximum Gasteiger partial charge on any atom is 0.159 e. The van der Waals surface area contributed by atoms with Gasteiger partial charge >= 0.3 is 0 Å². The van der Waals surface area contributed by atoms with Crippen molar-refractivity contribution < 1.29 is 14.3 Å². The Morgan fingerprint density at radius 3 is 2.36 bits per heavy atom. The minimum Gasteiger partial charge on any atom is -0.497 e. The van der Waals surface area contributed by atoms with Crippen LogP contribution in [0.2, 0.25) is 0 Å². The molecule has 1 aliphatic heterocycles. The average Bonchev–Trinajstić information content (AvgIpc) is 3.13. The number of ketones is 1. The van der Waals surface area contributed by atoms with Crippen molar-refractivity contribution in [2.24, 2.45) is 5.73 Å². The third-order valence-corrected chi connectivity index (χ3v) is 5.12. The van der Waals surface area contributed by atoms with E-state index < -0.39 is 0 Å². The third kappa shape index (κ3) is 6.36. The molecule has 0 bridgehead atoms. The molecular formula is C23H32N2O3. The highest BCUT2D eigenvalue weighted by Crippen LogP contribution is 2.22. The Bertz CT molecular complexity index is 763. The first kappa shape index (κ1) is 21.9. The first-order valence-corrected chi connectivity index (χ1v) is 9.73. The average molecular weight is 385 g/mol. The van der Waals surface area contributed by atoms with Crippen molar-refractivity contribution >= 4 is 5.78 Å². The molecule has 5 heteroatoms. The summed E-state index contributed by atoms with van der Waals surface area (Å²) in [7, 11) is 3.27. The minimum absolute atomic E-state index is 0.0592. The molecule has 1 heterocycles. The second kappa shape index (κ2) is 10.8. The third-order valence-electron chi connectivity index (χ3n) is 5.12. The lowest BCUT2D eigenvalue weighted by Gasteiger charge is -2.25. The van der Waals surface area contributed by atoms with Gasteiger partial charge in [0.05, 0.1) is 14.2 Å². The Kier molecular flexibility index (Phi) is 8.48. The molecule has 0 saturated carbocycles. The molecule has 1 aliphatic rings. The quantitative estimate of drug-likeness (QED) is 0.761. The number of carbonyl (C=O) groups excluding carboxylic acids is 1. The first-order chi connectivity index (χ1) is 13.4. The monoisotopic (exact) mass is 384 g/mol. The number of nitrogens with two attached hydrogens (primary N) is 1. The SMILES string of the molecule is COc1cccc(C(C)=O)c1.COc1cccc([C@H](N)CN2CCCC2C)c1. The van der Waals surface area contributed by atoms with Crippen LogP contribution in [0.5, 0.6) is 11.5 Å². The molecule has 0 amide bonds. The smallest absolute Gasteiger partial charge is 0.159 e. The Morgan fingerprint density at radius 2 is 1.79 bits per heavy atom. The van der Waals surface area contributed by atoms with Gasteiger partial charge < -0.3 is 15.2 Å². The number of methoxy groups -OCH3 is 2. The highest BCUT2D eigenvalue weighted by molar-refractivity contribution is 5.94. The molecule has 0 radical (unpaired) electrons. The highest BCUT2D eigenvalue weighted by Gasteiger charge is 2.22. The number of Topliss-reactive ketones (excluding diaryl/α,β-unsaturated/α-hetero) is 1. The zero-order chi connectivity index (χ0) is 20.5. The van der Waals surface area contributed by atoms with E-state index in [4.69, 9.17) is 15.2 Å². The van der Waals surface area contributed by atoms with E-state index in [1.54, 1.807) is 32.4 Å². The zero-order valence-corrected chi connectivity index (χ0v) is 17.4. The van der Waals surface area contributed by atoms with E-state index >= 15 is 0 Å². The van der Waals surface area contributed by atoms with Crippen LogP contribution in [0.15, 0.2) is 48.5 Å². The van der Waals surface area contributed by atoms with Gasteiger partial charge in [-0.1, -0.05) is 24.3 Å². The van der Waals surface area contributed by atoms with E-state index in [1.165, 1.54) is 26.3 Å². The van der Waals surface area contributed by atoms with E-state index in [0.29, 0.717) is 11.6 Å². The van der Waals surface area contributed by atoms with Crippen LogP contribution in [0.25, 0.3) is 0 Å². The maximum absolute atomic E-state index is 10.9. The van der Waals surface area contributed by atoms with Crippen molar-refractivity contribution in [2.45, 2.75) is 38.8 Å². The van der Waals surface area contributed by atoms with Gasteiger partial charge in [-0.2, -0.15) is 0 Å². The molecule has 0 aromatic heterocycles. The van der Waals surface area contributed by atoms with Crippen LogP contribution in [0.3, 0.4) is 0 Å². The van der Waals surface area contributed by atoms with Gasteiger partial charge in [-0.3, -0.25) is 9.69 Å². The minimum atomic E-state index is 0.0592. The molecule has 1 saturated heterocycles. The fourth-order valence-electron chi connectivity index (χ4n) is 3.34. The molecule has 2 atom stereocenters. The summed E-state index contributed by atoms with van der Waals surface area (Å²) in [4.78, 5) is 13.3. The Labute approximate surface area is 168 Å². The summed E-state index contributed by atoms with van der Waals surface area (Å²) in [5.41, 5.74) is 8.10. The van der Waals surface area contributed by atoms with Crippen LogP contribution in [-0.2, 0) is 0 Å². The van der Waals surface area contributed by atoms with Gasteiger partial charge in [0.15, 0.2) is 5.78 Å². The summed E-state index contributed by atoms with van der Waals surface area (Å²) >= 11 is 0. The fourth-order valence-corrected chi connectivity index (χ4v) is 3.34. The van der Waals surface area contributed by atoms with Crippen LogP contribution < -0.4 is 15.2 Å². The Morgan fingerprint density at radius 1 is 1.14 bits per heavy atom. The highest BCUT2D eigenvalue weighted by atomic mass is 16.5. The molecular weight excluding hydrogens is 352 g/mol. The lowest BCUT2D eigenvalue weighted by atomic mass is 10.1. The van der Waals surface area contributed by atoms with Crippen molar-refractivity contribution in [3.8, 4) is 11.5 Å². The van der Waals surface area contributed by atoms with Crippen LogP contribution >= 0.6 is 0 Å². The van der Waals surface area contributed by atoms with E-state index in [2.05, 4.69) is 17.9 Å². The number of likely N-dealkylation sites (tertiary alicyclic amines) is 1. The van der Waals surface area contributed by atoms with Crippen LogP contribution in [0.1, 0.15) is 48.7 Å². The predicted octanol–water partition coefficient (Wildman–Crippen LogP) is 4.08. The predicted molar refractivity (Wildman–Crippen MR) is 113 cm³/mol. The van der Waals surface area contributed by atoms with Crippen molar-refractivity contribution in [2.75, 3.05) is 27.3 Å². The summed E-state index contributed by atoms with van der Waals surface area (Å²) in [6.45, 7) is 5.94. The molecule has 152 valence electrons. The summed E-state index contributed by atoms with van der Waals surface area (Å²) in [6, 6.07) is 15.9. The molecule has 0 aliphatic carbocycles. The number of rotatable bonds is 6. The van der Waals surface area contributed by atoms with Crippen LogP contribution in [0, 0.1) is 0 Å². The van der Waals surface area contributed by atoms with Crippen LogP contribution in [-0.4, -0.2) is 44.0 Å². The second-order valence-electron chi connectivity index (χ2n) is 7.16. The fraction of sp³-hybridized carbons (Fsp3) is 0.435. The normalized spacial score (nSPS) is 17.4. The van der Waals surface area contributed by atoms with Crippen molar-refractivity contribution in [3.63, 3.8) is 0 Å². The largest absolute Gasteiger partial charge is 0.497 e. The lowest BCUT2D eigenvalue weighted by molar-refractivity contribution is 0.101. The summed E-state index contributed by atoms with van der Waals surface area (Å²) in [5, 5.41) is 0. The molecule has 2 N–H and O–H groups in total. The topological polar surface area (TPSA) is 64.8 Å². The number of nitrogens with zero attached hydrogens (tertiary/aromatic N) is 1. The zero-order valence-electron chi connectivity index (χ0n) is 17.4. The summed E-state index contributed by atoms with van der Waals surface area (Å²) < 4.78 is 10.2. The van der Waals surface area contributed by atoms with Gasteiger partial charge in [0, 0.05) is 24.2 Å². The first-order valence-electron chi connectivity index (χ1n) is 9.73. The van der Waals surface area contributed by atoms with Gasteiger partial charge in [-0.05, 0) is 63.1 Å². The standard InChI is InChI=1S/C14H22N2O.C9H10O2/c1-11-5-4-8-16(11)10-14(15)12-6-3-7-13(9-12)17-2;1-7(10)8-4-3-5-9(6-8)11-2/h3,6-7,9,11,14H,4-5,8,10,15H2,1-2H3;3-6H,1-2H3/t11?,14-;/m1./s1. The van der Waals surface area contributed by atoms with Gasteiger partial charge in [0.2, 0.25) is 0 Å². The molecule has 2 aromatic carbocycles. The lowest BCUT2D eigenvalue weighted by Crippen LogP contribution is -2.34. The number of carbonyl (C=O) groups is 1. The Balaban J connectivity index is 0.000000221. The molecule has 0 spiro atoms. The van der Waals surface area contributed by atoms with Crippen molar-refractivity contribution in [1.29, 1.82) is 0 Å². The maximum atomic E-state index is 10.9. The van der Waals surface area contributed by atoms with E-state index in [-0.39, 0.29) is 11.8 Å². The summed E-state index contributed by atoms with van der Waals surface area (Å²) in [6.07, 6.45) is 2.59. The van der Waals surface area contributed by atoms with Gasteiger partial charge in [0.1, 0.15) is 11.5 Å². The Hall–Kier alpha value is -2.37. The number of ether oxygens (including phenoxy) is 2. The molecule has 28 heavy (non-hydrogen) atoms. The number of hydrogen-bond acceptors (Lipinski definition) is 5. The van der Waals surface area contributed by atoms with Gasteiger partial charge in [-0.25, -0.2) is 0 Å². The van der Waals surface area contributed by atoms with E-state index in [0.717, 1.165) is 23.6 Å². The van der Waals surface area contributed by atoms with Crippen molar-refractivity contribution in [1.82, 2.24) is 4.90 Å². The molecule has 5 nitrogen and oxygen atoms in total. The van der Waals surface area contributed by atoms with Gasteiger partial charge in [0.25, 0.3) is 0 Å². The summed E-state index contributed by atoms with van der Waals surface area (Å²) in [5.74, 6) is 1.66. The molecule has 1 unspecified atom stereocenters. The van der Waals surface area contributed by atoms with E-state index in [9.17, 15) is 4.79 Å². The molecule has 1 fully saturated rings. The number of hydrogen-bond donors (Lipinski definition) is 1. The molecule has 2 aromatic rings. The van der Waals surface area contributed by atoms with E-state index in [1.807, 2.05) is 24.3 Å². The second-order valence-corrected chi connectivity index (χ2v) is 7.16. The number of benzene rings is 2. The van der Waals surface area contributed by atoms with Crippen LogP contribution in [0.4, 0.5) is 0 Å². The molecule has 3 rings (SSSR count). The van der Waals surface area contributed by atoms with Crippen molar-refractivity contribution in [3.05, 3.63) is 59.7 Å². The van der Waals surface area contributed by atoms with Gasteiger partial charge in [-0.15, -0.1) is 0 Å².